The van der Waals surface area contributed by atoms with Crippen LogP contribution in [0.2, 0.25) is 0 Å². The number of anilines is 1. The molecule has 1 atom stereocenters. The Morgan fingerprint density at radius 1 is 1.16 bits per heavy atom. The zero-order valence-corrected chi connectivity index (χ0v) is 25.4. The van der Waals surface area contributed by atoms with E-state index in [9.17, 15) is 17.6 Å². The Morgan fingerprint density at radius 3 is 2.60 bits per heavy atom. The topological polar surface area (TPSA) is 101 Å². The lowest BCUT2D eigenvalue weighted by Gasteiger charge is -2.34. The Kier molecular flexibility index (Phi) is 7.47. The van der Waals surface area contributed by atoms with Crippen molar-refractivity contribution < 1.29 is 22.0 Å². The molecule has 3 aromatic carbocycles. The second kappa shape index (κ2) is 11.1. The normalized spacial score (nSPS) is 16.2. The predicted molar refractivity (Wildman–Crippen MR) is 166 cm³/mol. The molecule has 0 spiro atoms. The number of rotatable bonds is 7. The highest BCUT2D eigenvalue weighted by atomic mass is 32.2. The first-order chi connectivity index (χ1) is 20.5. The molecule has 0 aliphatic carbocycles. The van der Waals surface area contributed by atoms with Gasteiger partial charge in [0.05, 0.1) is 35.1 Å². The van der Waals surface area contributed by atoms with Crippen LogP contribution >= 0.6 is 0 Å². The molecule has 5 aromatic rings. The molecule has 9 nitrogen and oxygen atoms in total. The number of para-hydroxylation sites is 2. The number of sulfonamides is 1. The van der Waals surface area contributed by atoms with Gasteiger partial charge in [0, 0.05) is 44.7 Å². The number of imidazole rings is 1. The minimum atomic E-state index is -3.61. The van der Waals surface area contributed by atoms with Crippen LogP contribution in [0.5, 0.6) is 0 Å². The van der Waals surface area contributed by atoms with Crippen molar-refractivity contribution in [1.29, 1.82) is 0 Å². The number of benzene rings is 3. The van der Waals surface area contributed by atoms with Gasteiger partial charge >= 0.3 is 0 Å². The predicted octanol–water partition coefficient (Wildman–Crippen LogP) is 5.26. The molecule has 2 aromatic heterocycles. The summed E-state index contributed by atoms with van der Waals surface area (Å²) in [4.78, 5) is 20.4. The highest BCUT2D eigenvalue weighted by Gasteiger charge is 2.30. The number of aromatic nitrogens is 2. The fraction of sp³-hybridized carbons (Fsp3) is 0.312. The second-order valence-electron chi connectivity index (χ2n) is 11.2. The zero-order valence-electron chi connectivity index (χ0n) is 24.6. The van der Waals surface area contributed by atoms with E-state index in [2.05, 4.69) is 20.9 Å². The standard InChI is InChI=1S/C32H34FN5O4S/c1-34-32(39)30-24-16-23(21-8-7-15-38(18-21)19-29-35-25-9-5-6-10-26(25)36(29)2)27(37(3)43(4,40)41)17-28(24)42-31(30)20-11-13-22(33)14-12-20/h5-6,9-14,16-17,21H,7-8,15,18-19H2,1-4H3,(H,34,39). The van der Waals surface area contributed by atoms with Gasteiger partial charge in [-0.15, -0.1) is 0 Å². The van der Waals surface area contributed by atoms with E-state index in [0.29, 0.717) is 46.6 Å². The van der Waals surface area contributed by atoms with Crippen molar-refractivity contribution in [2.75, 3.05) is 37.7 Å². The summed E-state index contributed by atoms with van der Waals surface area (Å²) in [5, 5.41) is 3.27. The minimum absolute atomic E-state index is 0.00579. The van der Waals surface area contributed by atoms with Crippen molar-refractivity contribution in [2.45, 2.75) is 25.3 Å². The van der Waals surface area contributed by atoms with E-state index in [1.165, 1.54) is 29.7 Å². The molecule has 0 saturated carbocycles. The summed E-state index contributed by atoms with van der Waals surface area (Å²) in [5.74, 6) is 0.508. The molecule has 6 rings (SSSR count). The third-order valence-corrected chi connectivity index (χ3v) is 9.62. The summed E-state index contributed by atoms with van der Waals surface area (Å²) < 4.78 is 48.9. The molecule has 11 heteroatoms. The van der Waals surface area contributed by atoms with E-state index in [1.54, 1.807) is 25.2 Å². The van der Waals surface area contributed by atoms with Crippen LogP contribution in [0.3, 0.4) is 0 Å². The number of piperidine rings is 1. The van der Waals surface area contributed by atoms with Crippen molar-refractivity contribution in [3.8, 4) is 11.3 Å². The van der Waals surface area contributed by atoms with Gasteiger partial charge in [-0.25, -0.2) is 17.8 Å². The van der Waals surface area contributed by atoms with Crippen molar-refractivity contribution in [3.05, 3.63) is 83.4 Å². The third-order valence-electron chi connectivity index (χ3n) is 8.42. The third kappa shape index (κ3) is 5.38. The van der Waals surface area contributed by atoms with Crippen LogP contribution < -0.4 is 9.62 Å². The summed E-state index contributed by atoms with van der Waals surface area (Å²) in [5.41, 5.74) is 4.61. The summed E-state index contributed by atoms with van der Waals surface area (Å²) in [7, 11) is 1.49. The van der Waals surface area contributed by atoms with Crippen LogP contribution in [-0.4, -0.2) is 62.2 Å². The molecule has 224 valence electrons. The van der Waals surface area contributed by atoms with Crippen molar-refractivity contribution in [1.82, 2.24) is 19.8 Å². The van der Waals surface area contributed by atoms with E-state index < -0.39 is 15.8 Å². The average Bonchev–Trinajstić information content (AvgIpc) is 3.52. The number of hydrogen-bond acceptors (Lipinski definition) is 6. The van der Waals surface area contributed by atoms with E-state index in [-0.39, 0.29) is 11.8 Å². The maximum atomic E-state index is 13.7. The Hall–Kier alpha value is -4.22. The van der Waals surface area contributed by atoms with Gasteiger partial charge in [-0.1, -0.05) is 12.1 Å². The van der Waals surface area contributed by atoms with E-state index in [4.69, 9.17) is 9.40 Å². The van der Waals surface area contributed by atoms with Crippen LogP contribution in [0.4, 0.5) is 10.1 Å². The second-order valence-corrected chi connectivity index (χ2v) is 13.2. The van der Waals surface area contributed by atoms with E-state index in [0.717, 1.165) is 41.8 Å². The van der Waals surface area contributed by atoms with Gasteiger partial charge in [0.1, 0.15) is 23.0 Å². The van der Waals surface area contributed by atoms with Gasteiger partial charge in [0.2, 0.25) is 10.0 Å². The van der Waals surface area contributed by atoms with Crippen molar-refractivity contribution >= 4 is 43.6 Å². The first kappa shape index (κ1) is 28.9. The molecule has 43 heavy (non-hydrogen) atoms. The lowest BCUT2D eigenvalue weighted by molar-refractivity contribution is 0.0964. The Labute approximate surface area is 250 Å². The number of aryl methyl sites for hydroxylation is 1. The number of fused-ring (bicyclic) bond motifs is 2. The minimum Gasteiger partial charge on any atom is -0.455 e. The molecule has 1 amide bonds. The highest BCUT2D eigenvalue weighted by molar-refractivity contribution is 7.92. The fourth-order valence-electron chi connectivity index (χ4n) is 6.07. The van der Waals surface area contributed by atoms with Crippen LogP contribution in [0.1, 0.15) is 40.5 Å². The Balaban J connectivity index is 1.45. The SMILES string of the molecule is CNC(=O)c1c(-c2ccc(F)cc2)oc2cc(N(C)S(C)(=O)=O)c(C3CCCN(Cc4nc5ccccc5n4C)C3)cc12. The first-order valence-electron chi connectivity index (χ1n) is 14.2. The van der Waals surface area contributed by atoms with Gasteiger partial charge in [0.15, 0.2) is 0 Å². The maximum Gasteiger partial charge on any atom is 0.255 e. The molecule has 1 N–H and O–H groups in total. The lowest BCUT2D eigenvalue weighted by Crippen LogP contribution is -2.35. The summed E-state index contributed by atoms with van der Waals surface area (Å²) in [6.45, 7) is 2.24. The van der Waals surface area contributed by atoms with Gasteiger partial charge in [-0.05, 0) is 73.3 Å². The molecule has 1 saturated heterocycles. The van der Waals surface area contributed by atoms with Gasteiger partial charge in [-0.2, -0.15) is 0 Å². The molecular weight excluding hydrogens is 569 g/mol. The average molecular weight is 604 g/mol. The summed E-state index contributed by atoms with van der Waals surface area (Å²) in [6.07, 6.45) is 2.94. The molecule has 0 radical (unpaired) electrons. The molecule has 1 fully saturated rings. The van der Waals surface area contributed by atoms with Gasteiger partial charge < -0.3 is 14.3 Å². The quantitative estimate of drug-likeness (QED) is 0.272. The molecule has 3 heterocycles. The van der Waals surface area contributed by atoms with Gasteiger partial charge in [0.25, 0.3) is 5.91 Å². The number of furan rings is 1. The number of halogens is 1. The molecule has 1 aliphatic rings. The summed E-state index contributed by atoms with van der Waals surface area (Å²) in [6, 6.07) is 17.4. The number of carbonyl (C=O) groups is 1. The van der Waals surface area contributed by atoms with E-state index >= 15 is 0 Å². The fourth-order valence-corrected chi connectivity index (χ4v) is 6.59. The van der Waals surface area contributed by atoms with Gasteiger partial charge in [-0.3, -0.25) is 14.0 Å². The largest absolute Gasteiger partial charge is 0.455 e. The number of nitrogens with one attached hydrogen (secondary N) is 1. The molecule has 1 aliphatic heterocycles. The summed E-state index contributed by atoms with van der Waals surface area (Å²) >= 11 is 0. The number of amides is 1. The monoisotopic (exact) mass is 603 g/mol. The smallest absolute Gasteiger partial charge is 0.255 e. The Morgan fingerprint density at radius 2 is 1.91 bits per heavy atom. The maximum absolute atomic E-state index is 13.7. The number of likely N-dealkylation sites (tertiary alicyclic amines) is 1. The molecular formula is C32H34FN5O4S. The lowest BCUT2D eigenvalue weighted by atomic mass is 9.88. The zero-order chi connectivity index (χ0) is 30.5. The number of nitrogens with zero attached hydrogens (tertiary/aromatic N) is 4. The highest BCUT2D eigenvalue weighted by Crippen LogP contribution is 2.42. The molecule has 0 bridgehead atoms. The van der Waals surface area contributed by atoms with Crippen LogP contribution in [0.25, 0.3) is 33.3 Å². The van der Waals surface area contributed by atoms with Crippen LogP contribution in [0, 0.1) is 5.82 Å². The van der Waals surface area contributed by atoms with Crippen LogP contribution in [0.15, 0.2) is 65.1 Å². The van der Waals surface area contributed by atoms with Crippen molar-refractivity contribution in [3.63, 3.8) is 0 Å². The Bertz CT molecular complexity index is 1950. The molecule has 1 unspecified atom stereocenters. The van der Waals surface area contributed by atoms with E-state index in [1.807, 2.05) is 31.3 Å². The number of carbonyl (C=O) groups excluding carboxylic acids is 1. The van der Waals surface area contributed by atoms with Crippen molar-refractivity contribution in [2.24, 2.45) is 7.05 Å². The van der Waals surface area contributed by atoms with Crippen LogP contribution in [-0.2, 0) is 23.6 Å². The first-order valence-corrected chi connectivity index (χ1v) is 16.0. The number of hydrogen-bond donors (Lipinski definition) is 1.